The van der Waals surface area contributed by atoms with E-state index in [1.54, 1.807) is 36.4 Å². The van der Waals surface area contributed by atoms with Crippen molar-refractivity contribution in [1.82, 2.24) is 0 Å². The van der Waals surface area contributed by atoms with Gasteiger partial charge in [-0.15, -0.1) is 0 Å². The van der Waals surface area contributed by atoms with Gasteiger partial charge in [0, 0.05) is 40.5 Å². The number of aliphatic hydroxyl groups is 1. The molecule has 32 heavy (non-hydrogen) atoms. The first kappa shape index (κ1) is 22.1. The first-order valence-corrected chi connectivity index (χ1v) is 11.0. The monoisotopic (exact) mass is 510 g/mol. The van der Waals surface area contributed by atoms with E-state index in [0.29, 0.717) is 21.8 Å². The van der Waals surface area contributed by atoms with E-state index >= 15 is 0 Å². The smallest absolute Gasteiger partial charge is 0.300 e. The van der Waals surface area contributed by atoms with Crippen LogP contribution >= 0.6 is 27.5 Å². The van der Waals surface area contributed by atoms with Crippen molar-refractivity contribution >= 4 is 56.4 Å². The Labute approximate surface area is 199 Å². The summed E-state index contributed by atoms with van der Waals surface area (Å²) in [4.78, 5) is 29.7. The minimum absolute atomic E-state index is 0.0383. The maximum Gasteiger partial charge on any atom is 0.300 e. The number of nitrogens with zero attached hydrogens (tertiary/aromatic N) is 2. The Kier molecular flexibility index (Phi) is 6.09. The molecule has 4 rings (SSSR count). The highest BCUT2D eigenvalue weighted by Crippen LogP contribution is 2.42. The number of hydrogen-bond acceptors (Lipinski definition) is 4. The molecular weight excluding hydrogens is 492 g/mol. The highest BCUT2D eigenvalue weighted by Gasteiger charge is 2.46. The Morgan fingerprint density at radius 1 is 0.938 bits per heavy atom. The van der Waals surface area contributed by atoms with E-state index in [4.69, 9.17) is 11.6 Å². The third-order valence-electron chi connectivity index (χ3n) is 5.39. The van der Waals surface area contributed by atoms with E-state index in [-0.39, 0.29) is 11.3 Å². The number of hydrogen-bond donors (Lipinski definition) is 1. The third-order valence-corrected chi connectivity index (χ3v) is 6.17. The van der Waals surface area contributed by atoms with Crippen LogP contribution < -0.4 is 9.80 Å². The quantitative estimate of drug-likeness (QED) is 0.273. The van der Waals surface area contributed by atoms with Gasteiger partial charge in [0.2, 0.25) is 0 Å². The largest absolute Gasteiger partial charge is 0.507 e. The highest BCUT2D eigenvalue weighted by atomic mass is 79.9. The van der Waals surface area contributed by atoms with Crippen molar-refractivity contribution in [3.05, 3.63) is 99.0 Å². The second-order valence-electron chi connectivity index (χ2n) is 7.64. The number of benzene rings is 3. The average Bonchev–Trinajstić information content (AvgIpc) is 3.05. The van der Waals surface area contributed by atoms with Crippen LogP contribution in [0, 0.1) is 0 Å². The molecule has 0 radical (unpaired) electrons. The predicted molar refractivity (Wildman–Crippen MR) is 131 cm³/mol. The summed E-state index contributed by atoms with van der Waals surface area (Å²) in [6, 6.07) is 20.4. The fraction of sp³-hybridized carbons (Fsp3) is 0.120. The number of amides is 1. The maximum absolute atomic E-state index is 13.2. The Morgan fingerprint density at radius 3 is 2.09 bits per heavy atom. The topological polar surface area (TPSA) is 60.9 Å². The number of rotatable bonds is 4. The third kappa shape index (κ3) is 4.04. The summed E-state index contributed by atoms with van der Waals surface area (Å²) in [5.41, 5.74) is 2.70. The lowest BCUT2D eigenvalue weighted by molar-refractivity contribution is -0.132. The van der Waals surface area contributed by atoms with Crippen molar-refractivity contribution in [2.75, 3.05) is 23.9 Å². The minimum atomic E-state index is -0.774. The van der Waals surface area contributed by atoms with Crippen LogP contribution in [0.5, 0.6) is 0 Å². The molecule has 1 heterocycles. The molecular formula is C25H20BrClN2O3. The summed E-state index contributed by atoms with van der Waals surface area (Å²) in [6.07, 6.45) is 0. The van der Waals surface area contributed by atoms with Crippen LogP contribution in [0.4, 0.5) is 11.4 Å². The normalized spacial score (nSPS) is 17.6. The lowest BCUT2D eigenvalue weighted by Crippen LogP contribution is -2.29. The predicted octanol–water partition coefficient (Wildman–Crippen LogP) is 5.79. The number of anilines is 2. The fourth-order valence-corrected chi connectivity index (χ4v) is 4.12. The molecule has 1 atom stereocenters. The van der Waals surface area contributed by atoms with Crippen molar-refractivity contribution in [3.63, 3.8) is 0 Å². The zero-order chi connectivity index (χ0) is 23.0. The standard InChI is InChI=1S/C25H20BrClN2O3/c1-28(2)19-11-13-20(14-12-19)29-22(15-3-7-17(26)8-4-15)21(24(31)25(29)32)23(30)16-5-9-18(27)10-6-16/h3-14,22,30H,1-2H3/b23-21+/t22-/m1/s1. The van der Waals surface area contributed by atoms with E-state index in [2.05, 4.69) is 15.9 Å². The molecule has 0 aromatic heterocycles. The van der Waals surface area contributed by atoms with Crippen LogP contribution in [0.1, 0.15) is 17.2 Å². The minimum Gasteiger partial charge on any atom is -0.507 e. The number of carbonyl (C=O) groups excluding carboxylic acids is 2. The summed E-state index contributed by atoms with van der Waals surface area (Å²) in [5, 5.41) is 11.6. The van der Waals surface area contributed by atoms with E-state index in [1.807, 2.05) is 55.4 Å². The van der Waals surface area contributed by atoms with Crippen molar-refractivity contribution in [3.8, 4) is 0 Å². The molecule has 162 valence electrons. The molecule has 1 aliphatic heterocycles. The molecule has 1 aliphatic rings. The van der Waals surface area contributed by atoms with E-state index < -0.39 is 17.7 Å². The molecule has 0 aliphatic carbocycles. The SMILES string of the molecule is CN(C)c1ccc(N2C(=O)C(=O)/C(=C(/O)c3ccc(Cl)cc3)[C@H]2c2ccc(Br)cc2)cc1. The molecule has 3 aromatic carbocycles. The number of halogens is 2. The summed E-state index contributed by atoms with van der Waals surface area (Å²) in [6.45, 7) is 0. The van der Waals surface area contributed by atoms with Gasteiger partial charge in [-0.3, -0.25) is 14.5 Å². The van der Waals surface area contributed by atoms with Gasteiger partial charge in [0.15, 0.2) is 0 Å². The summed E-state index contributed by atoms with van der Waals surface area (Å²) in [5.74, 6) is -1.66. The zero-order valence-corrected chi connectivity index (χ0v) is 19.8. The number of aliphatic hydroxyl groups excluding tert-OH is 1. The first-order valence-electron chi connectivity index (χ1n) is 9.87. The van der Waals surface area contributed by atoms with E-state index in [1.165, 1.54) is 4.90 Å². The molecule has 5 nitrogen and oxygen atoms in total. The van der Waals surface area contributed by atoms with Gasteiger partial charge in [0.05, 0.1) is 11.6 Å². The molecule has 7 heteroatoms. The van der Waals surface area contributed by atoms with Gasteiger partial charge in [0.25, 0.3) is 11.7 Å². The van der Waals surface area contributed by atoms with Crippen LogP contribution in [-0.2, 0) is 9.59 Å². The zero-order valence-electron chi connectivity index (χ0n) is 17.4. The Hall–Kier alpha value is -3.09. The van der Waals surface area contributed by atoms with Crippen molar-refractivity contribution in [2.24, 2.45) is 0 Å². The molecule has 0 unspecified atom stereocenters. The van der Waals surface area contributed by atoms with Crippen molar-refractivity contribution < 1.29 is 14.7 Å². The molecule has 1 N–H and O–H groups in total. The van der Waals surface area contributed by atoms with Crippen LogP contribution in [0.25, 0.3) is 5.76 Å². The Morgan fingerprint density at radius 2 is 1.53 bits per heavy atom. The number of ketones is 1. The van der Waals surface area contributed by atoms with Gasteiger partial charge in [-0.05, 0) is 66.2 Å². The second-order valence-corrected chi connectivity index (χ2v) is 8.99. The number of carbonyl (C=O) groups is 2. The number of Topliss-reactive ketones (excluding diaryl/α,β-unsaturated/α-hetero) is 1. The van der Waals surface area contributed by atoms with Crippen molar-refractivity contribution in [2.45, 2.75) is 6.04 Å². The highest BCUT2D eigenvalue weighted by molar-refractivity contribution is 9.10. The van der Waals surface area contributed by atoms with Crippen LogP contribution in [0.3, 0.4) is 0 Å². The van der Waals surface area contributed by atoms with E-state index in [0.717, 1.165) is 10.2 Å². The van der Waals surface area contributed by atoms with E-state index in [9.17, 15) is 14.7 Å². The van der Waals surface area contributed by atoms with Crippen LogP contribution in [0.2, 0.25) is 5.02 Å². The molecule has 1 saturated heterocycles. The van der Waals surface area contributed by atoms with Gasteiger partial charge in [-0.1, -0.05) is 39.7 Å². The van der Waals surface area contributed by atoms with Gasteiger partial charge in [0.1, 0.15) is 5.76 Å². The molecule has 0 bridgehead atoms. The van der Waals surface area contributed by atoms with Crippen LogP contribution in [0.15, 0.2) is 82.8 Å². The van der Waals surface area contributed by atoms with Gasteiger partial charge in [-0.25, -0.2) is 0 Å². The Balaban J connectivity index is 1.90. The average molecular weight is 512 g/mol. The Bertz CT molecular complexity index is 1200. The lowest BCUT2D eigenvalue weighted by Gasteiger charge is -2.26. The van der Waals surface area contributed by atoms with Gasteiger partial charge >= 0.3 is 0 Å². The molecule has 3 aromatic rings. The van der Waals surface area contributed by atoms with Crippen molar-refractivity contribution in [1.29, 1.82) is 0 Å². The summed E-state index contributed by atoms with van der Waals surface area (Å²) >= 11 is 9.39. The first-order chi connectivity index (χ1) is 15.3. The summed E-state index contributed by atoms with van der Waals surface area (Å²) in [7, 11) is 3.85. The van der Waals surface area contributed by atoms with Crippen LogP contribution in [-0.4, -0.2) is 30.9 Å². The van der Waals surface area contributed by atoms with Gasteiger partial charge in [-0.2, -0.15) is 0 Å². The maximum atomic E-state index is 13.2. The van der Waals surface area contributed by atoms with Gasteiger partial charge < -0.3 is 10.0 Å². The lowest BCUT2D eigenvalue weighted by atomic mass is 9.95. The second kappa shape index (κ2) is 8.81. The summed E-state index contributed by atoms with van der Waals surface area (Å²) < 4.78 is 0.867. The molecule has 0 saturated carbocycles. The molecule has 0 spiro atoms. The molecule has 1 fully saturated rings. The molecule has 1 amide bonds. The fourth-order valence-electron chi connectivity index (χ4n) is 3.73.